The quantitative estimate of drug-likeness (QED) is 0.696. The monoisotopic (exact) mass is 392 g/mol. The average Bonchev–Trinajstić information content (AvgIpc) is 2.90. The van der Waals surface area contributed by atoms with Crippen LogP contribution in [0.2, 0.25) is 0 Å². The second kappa shape index (κ2) is 5.82. The van der Waals surface area contributed by atoms with Gasteiger partial charge in [0, 0.05) is 28.2 Å². The lowest BCUT2D eigenvalue weighted by Crippen LogP contribution is -1.97. The van der Waals surface area contributed by atoms with Crippen molar-refractivity contribution in [2.24, 2.45) is 0 Å². The summed E-state index contributed by atoms with van der Waals surface area (Å²) in [7, 11) is 0. The number of rotatable bonds is 2. The largest absolute Gasteiger partial charge is 0.434 e. The average molecular weight is 392 g/mol. The Hall–Kier alpha value is -1.94. The van der Waals surface area contributed by atoms with Crippen molar-refractivity contribution in [1.82, 2.24) is 4.98 Å². The van der Waals surface area contributed by atoms with Crippen LogP contribution in [0.3, 0.4) is 0 Å². The van der Waals surface area contributed by atoms with Gasteiger partial charge in [0.1, 0.15) is 11.5 Å². The van der Waals surface area contributed by atoms with Crippen LogP contribution in [0, 0.1) is 15.1 Å². The summed E-state index contributed by atoms with van der Waals surface area (Å²) in [5, 5.41) is 8.82. The van der Waals surface area contributed by atoms with Crippen LogP contribution < -0.4 is 0 Å². The van der Waals surface area contributed by atoms with Crippen LogP contribution in [-0.2, 0) is 0 Å². The van der Waals surface area contributed by atoms with Crippen molar-refractivity contribution in [2.45, 2.75) is 12.3 Å². The maximum absolute atomic E-state index is 13.0. The highest BCUT2D eigenvalue weighted by Gasteiger charge is 2.20. The number of nitriles is 1. The number of benzene rings is 1. The molecule has 1 aromatic heterocycles. The molecule has 0 saturated heterocycles. The molecule has 0 bridgehead atoms. The number of aromatic nitrogens is 1. The predicted octanol–water partition coefficient (Wildman–Crippen LogP) is 4.71. The van der Waals surface area contributed by atoms with E-state index < -0.39 is 0 Å². The van der Waals surface area contributed by atoms with Crippen LogP contribution in [0.15, 0.2) is 52.7 Å². The molecular formula is C16H10FIN2O. The smallest absolute Gasteiger partial charge is 0.203 e. The Morgan fingerprint density at radius 2 is 2.10 bits per heavy atom. The lowest BCUT2D eigenvalue weighted by atomic mass is 10.0. The summed E-state index contributed by atoms with van der Waals surface area (Å²) < 4.78 is 19.4. The van der Waals surface area contributed by atoms with E-state index in [1.165, 1.54) is 12.2 Å². The number of hydrogen-bond acceptors (Lipinski definition) is 3. The fourth-order valence-electron chi connectivity index (χ4n) is 2.13. The van der Waals surface area contributed by atoms with Crippen LogP contribution in [0.25, 0.3) is 11.3 Å². The van der Waals surface area contributed by atoms with Gasteiger partial charge in [0.2, 0.25) is 5.89 Å². The van der Waals surface area contributed by atoms with E-state index in [-0.39, 0.29) is 11.7 Å². The first-order chi connectivity index (χ1) is 10.2. The van der Waals surface area contributed by atoms with Gasteiger partial charge in [0.05, 0.1) is 17.6 Å². The molecule has 21 heavy (non-hydrogen) atoms. The summed E-state index contributed by atoms with van der Waals surface area (Å²) in [5.41, 5.74) is 2.25. The van der Waals surface area contributed by atoms with Gasteiger partial charge in [-0.3, -0.25) is 0 Å². The molecule has 1 aromatic carbocycles. The molecule has 1 heterocycles. The molecular weight excluding hydrogens is 382 g/mol. The SMILES string of the molecule is N#Cc1ccc(-c2nc(C3C=CC(F)=CC3)oc2I)cc1. The van der Waals surface area contributed by atoms with Gasteiger partial charge < -0.3 is 4.42 Å². The van der Waals surface area contributed by atoms with Gasteiger partial charge in [-0.1, -0.05) is 18.2 Å². The molecule has 0 spiro atoms. The Bertz CT molecular complexity index is 769. The maximum Gasteiger partial charge on any atom is 0.203 e. The van der Waals surface area contributed by atoms with Crippen molar-refractivity contribution < 1.29 is 8.81 Å². The molecule has 2 aromatic rings. The van der Waals surface area contributed by atoms with E-state index in [0.29, 0.717) is 21.6 Å². The Balaban J connectivity index is 1.91. The third kappa shape index (κ3) is 2.90. The molecule has 1 unspecified atom stereocenters. The third-order valence-corrected chi connectivity index (χ3v) is 3.99. The van der Waals surface area contributed by atoms with E-state index in [9.17, 15) is 4.39 Å². The lowest BCUT2D eigenvalue weighted by molar-refractivity contribution is 0.452. The molecule has 3 nitrogen and oxygen atoms in total. The van der Waals surface area contributed by atoms with Crippen molar-refractivity contribution >= 4 is 22.6 Å². The van der Waals surface area contributed by atoms with Gasteiger partial charge in [-0.15, -0.1) is 0 Å². The molecule has 0 saturated carbocycles. The predicted molar refractivity (Wildman–Crippen MR) is 85.1 cm³/mol. The highest BCUT2D eigenvalue weighted by molar-refractivity contribution is 14.1. The fourth-order valence-corrected chi connectivity index (χ4v) is 2.79. The van der Waals surface area contributed by atoms with Crippen molar-refractivity contribution in [3.63, 3.8) is 0 Å². The maximum atomic E-state index is 13.0. The second-order valence-electron chi connectivity index (χ2n) is 4.65. The minimum atomic E-state index is -0.222. The number of allylic oxidation sites excluding steroid dienone is 4. The summed E-state index contributed by atoms with van der Waals surface area (Å²) >= 11 is 2.10. The fraction of sp³-hybridized carbons (Fsp3) is 0.125. The molecule has 0 radical (unpaired) electrons. The molecule has 0 amide bonds. The Labute approximate surface area is 134 Å². The molecule has 0 aliphatic heterocycles. The third-order valence-electron chi connectivity index (χ3n) is 3.26. The van der Waals surface area contributed by atoms with Crippen molar-refractivity contribution in [3.05, 3.63) is 63.5 Å². The molecule has 104 valence electrons. The summed E-state index contributed by atoms with van der Waals surface area (Å²) in [4.78, 5) is 4.52. The minimum absolute atomic E-state index is 0.0369. The zero-order valence-electron chi connectivity index (χ0n) is 10.9. The number of nitrogens with zero attached hydrogens (tertiary/aromatic N) is 2. The number of oxazole rings is 1. The summed E-state index contributed by atoms with van der Waals surface area (Å²) in [5.74, 6) is 0.323. The van der Waals surface area contributed by atoms with Crippen molar-refractivity contribution in [1.29, 1.82) is 5.26 Å². The number of hydrogen-bond donors (Lipinski definition) is 0. The molecule has 0 N–H and O–H groups in total. The molecule has 3 rings (SSSR count). The van der Waals surface area contributed by atoms with Crippen LogP contribution >= 0.6 is 22.6 Å². The Morgan fingerprint density at radius 3 is 2.71 bits per heavy atom. The molecule has 1 aliphatic carbocycles. The summed E-state index contributed by atoms with van der Waals surface area (Å²) in [6.07, 6.45) is 5.28. The van der Waals surface area contributed by atoms with E-state index in [4.69, 9.17) is 9.68 Å². The van der Waals surface area contributed by atoms with Crippen LogP contribution in [0.1, 0.15) is 23.8 Å². The standard InChI is InChI=1S/C16H10FIN2O/c17-13-7-5-12(6-8-13)16-20-14(15(18)21-16)11-3-1-10(9-19)2-4-11/h1-5,7-8,12H,6H2. The first-order valence-corrected chi connectivity index (χ1v) is 7.46. The van der Waals surface area contributed by atoms with E-state index in [0.717, 1.165) is 11.3 Å². The van der Waals surface area contributed by atoms with Crippen LogP contribution in [0.5, 0.6) is 0 Å². The van der Waals surface area contributed by atoms with Gasteiger partial charge in [0.15, 0.2) is 3.77 Å². The van der Waals surface area contributed by atoms with Gasteiger partial charge in [-0.2, -0.15) is 5.26 Å². The van der Waals surface area contributed by atoms with E-state index in [1.807, 2.05) is 12.1 Å². The highest BCUT2D eigenvalue weighted by atomic mass is 127. The Morgan fingerprint density at radius 1 is 1.33 bits per heavy atom. The zero-order valence-corrected chi connectivity index (χ0v) is 13.0. The molecule has 1 aliphatic rings. The van der Waals surface area contributed by atoms with Crippen LogP contribution in [0.4, 0.5) is 4.39 Å². The minimum Gasteiger partial charge on any atom is -0.434 e. The summed E-state index contributed by atoms with van der Waals surface area (Å²) in [6.45, 7) is 0. The van der Waals surface area contributed by atoms with Gasteiger partial charge in [-0.25, -0.2) is 9.37 Å². The topological polar surface area (TPSA) is 49.8 Å². The lowest BCUT2D eigenvalue weighted by Gasteiger charge is -2.08. The normalized spacial score (nSPS) is 17.4. The molecule has 1 atom stereocenters. The van der Waals surface area contributed by atoms with E-state index >= 15 is 0 Å². The van der Waals surface area contributed by atoms with E-state index in [1.54, 1.807) is 18.2 Å². The zero-order chi connectivity index (χ0) is 14.8. The van der Waals surface area contributed by atoms with E-state index in [2.05, 4.69) is 33.6 Å². The van der Waals surface area contributed by atoms with Gasteiger partial charge >= 0.3 is 0 Å². The summed E-state index contributed by atoms with van der Waals surface area (Å²) in [6, 6.07) is 9.27. The number of halogens is 2. The van der Waals surface area contributed by atoms with Crippen LogP contribution in [-0.4, -0.2) is 4.98 Å². The van der Waals surface area contributed by atoms with Gasteiger partial charge in [0.25, 0.3) is 0 Å². The molecule has 0 fully saturated rings. The van der Waals surface area contributed by atoms with Crippen molar-refractivity contribution in [3.8, 4) is 17.3 Å². The second-order valence-corrected chi connectivity index (χ2v) is 5.63. The first-order valence-electron chi connectivity index (χ1n) is 6.38. The first kappa shape index (κ1) is 14.0. The molecule has 5 heteroatoms. The van der Waals surface area contributed by atoms with Crippen molar-refractivity contribution in [2.75, 3.05) is 0 Å². The van der Waals surface area contributed by atoms with Gasteiger partial charge in [-0.05, 0) is 30.7 Å². The highest BCUT2D eigenvalue weighted by Crippen LogP contribution is 2.32. The Kier molecular flexibility index (Phi) is 3.88.